The molecule has 0 aliphatic carbocycles. The monoisotopic (exact) mass is 751 g/mol. The minimum atomic E-state index is -1.20. The number of hydrogen-bond donors (Lipinski definition) is 5. The van der Waals surface area contributed by atoms with E-state index in [1.165, 1.54) is 16.1 Å². The highest BCUT2D eigenvalue weighted by Crippen LogP contribution is 2.36. The summed E-state index contributed by atoms with van der Waals surface area (Å²) in [7, 11) is 0. The number of anilines is 3. The first-order chi connectivity index (χ1) is 25.3. The molecule has 3 heterocycles. The van der Waals surface area contributed by atoms with Gasteiger partial charge in [-0.2, -0.15) is 0 Å². The SMILES string of the molecule is O=C(CCCCCNC(c1ccccc1)(c1ccccc1)c1ccccc1)Nc1nc(C(=O)Nc2nc(C(=O)Nc3nc(C(=O)O)cs3)cs2)cs1. The summed E-state index contributed by atoms with van der Waals surface area (Å²) in [5.41, 5.74) is 2.84. The van der Waals surface area contributed by atoms with Crippen molar-refractivity contribution in [3.63, 3.8) is 0 Å². The number of nitrogens with one attached hydrogen (secondary N) is 4. The van der Waals surface area contributed by atoms with Gasteiger partial charge in [0.2, 0.25) is 5.91 Å². The van der Waals surface area contributed by atoms with Crippen LogP contribution in [0.4, 0.5) is 15.4 Å². The van der Waals surface area contributed by atoms with Gasteiger partial charge in [0.25, 0.3) is 11.8 Å². The van der Waals surface area contributed by atoms with Crippen LogP contribution < -0.4 is 21.3 Å². The molecule has 264 valence electrons. The molecule has 3 amide bonds. The lowest BCUT2D eigenvalue weighted by molar-refractivity contribution is -0.116. The maximum absolute atomic E-state index is 12.8. The fourth-order valence-corrected chi connectivity index (χ4v) is 7.61. The van der Waals surface area contributed by atoms with Crippen LogP contribution in [0.5, 0.6) is 0 Å². The Morgan fingerprint density at radius 1 is 0.558 bits per heavy atom. The molecule has 0 fully saturated rings. The van der Waals surface area contributed by atoms with Crippen molar-refractivity contribution < 1.29 is 24.3 Å². The number of hydrogen-bond acceptors (Lipinski definition) is 11. The molecule has 0 saturated carbocycles. The largest absolute Gasteiger partial charge is 0.476 e. The molecule has 0 aliphatic rings. The van der Waals surface area contributed by atoms with Crippen molar-refractivity contribution in [2.24, 2.45) is 0 Å². The average molecular weight is 752 g/mol. The number of unbranched alkanes of at least 4 members (excludes halogenated alkanes) is 2. The number of nitrogens with zero attached hydrogens (tertiary/aromatic N) is 3. The van der Waals surface area contributed by atoms with Gasteiger partial charge in [0.1, 0.15) is 11.4 Å². The standard InChI is InChI=1S/C37H33N7O5S3/c45-30(19-11-4-12-20-38-37(24-13-5-1-6-14-24,25-15-7-2-8-16-25)26-17-9-3-10-18-26)42-34-39-27(21-50-34)31(46)43-35-40-28(22-51-35)32(47)44-36-41-29(23-52-36)33(48)49/h1-3,5-10,13-18,21-23,38H,4,11-12,19-20H2,(H,48,49)(H,39,42,45)(H,40,43,46)(H,41,44,47). The number of amides is 3. The van der Waals surface area contributed by atoms with Gasteiger partial charge in [-0.3, -0.25) is 30.3 Å². The van der Waals surface area contributed by atoms with E-state index in [1.54, 1.807) is 0 Å². The van der Waals surface area contributed by atoms with E-state index in [9.17, 15) is 19.2 Å². The molecule has 5 N–H and O–H groups in total. The minimum absolute atomic E-state index is 0.0253. The lowest BCUT2D eigenvalue weighted by Crippen LogP contribution is -2.45. The second-order valence-electron chi connectivity index (χ2n) is 11.5. The van der Waals surface area contributed by atoms with Crippen molar-refractivity contribution in [3.05, 3.63) is 141 Å². The first-order valence-electron chi connectivity index (χ1n) is 16.3. The molecule has 0 aliphatic heterocycles. The van der Waals surface area contributed by atoms with Crippen molar-refractivity contribution in [3.8, 4) is 0 Å². The summed E-state index contributed by atoms with van der Waals surface area (Å²) in [5, 5.41) is 25.6. The van der Waals surface area contributed by atoms with E-state index in [0.29, 0.717) is 18.0 Å². The zero-order chi connectivity index (χ0) is 36.3. The first-order valence-corrected chi connectivity index (χ1v) is 18.9. The lowest BCUT2D eigenvalue weighted by Gasteiger charge is -2.37. The van der Waals surface area contributed by atoms with Crippen LogP contribution in [0.2, 0.25) is 0 Å². The Kier molecular flexibility index (Phi) is 11.9. The van der Waals surface area contributed by atoms with Gasteiger partial charge in [-0.05, 0) is 36.1 Å². The molecule has 0 saturated heterocycles. The number of carbonyl (C=O) groups is 4. The van der Waals surface area contributed by atoms with Gasteiger partial charge in [0.15, 0.2) is 21.1 Å². The Balaban J connectivity index is 0.968. The van der Waals surface area contributed by atoms with Crippen LogP contribution in [0.25, 0.3) is 0 Å². The van der Waals surface area contributed by atoms with E-state index < -0.39 is 23.3 Å². The zero-order valence-corrected chi connectivity index (χ0v) is 30.0. The third kappa shape index (κ3) is 8.81. The molecular weight excluding hydrogens is 719 g/mol. The molecule has 0 unspecified atom stereocenters. The fraction of sp³-hybridized carbons (Fsp3) is 0.162. The molecule has 0 bridgehead atoms. The number of aromatic nitrogens is 3. The molecule has 3 aromatic carbocycles. The quantitative estimate of drug-likeness (QED) is 0.0501. The number of benzene rings is 3. The van der Waals surface area contributed by atoms with Gasteiger partial charge in [-0.25, -0.2) is 19.7 Å². The van der Waals surface area contributed by atoms with Gasteiger partial charge in [0.05, 0.1) is 5.54 Å². The Bertz CT molecular complexity index is 2040. The predicted molar refractivity (Wildman–Crippen MR) is 204 cm³/mol. The van der Waals surface area contributed by atoms with Gasteiger partial charge in [-0.1, -0.05) is 97.4 Å². The average Bonchev–Trinajstić information content (AvgIpc) is 3.95. The molecule has 0 atom stereocenters. The zero-order valence-electron chi connectivity index (χ0n) is 27.6. The Morgan fingerprint density at radius 3 is 1.42 bits per heavy atom. The van der Waals surface area contributed by atoms with Crippen LogP contribution in [0.15, 0.2) is 107 Å². The Morgan fingerprint density at radius 2 is 0.981 bits per heavy atom. The van der Waals surface area contributed by atoms with Crippen LogP contribution in [-0.2, 0) is 10.3 Å². The summed E-state index contributed by atoms with van der Waals surface area (Å²) in [6, 6.07) is 31.3. The third-order valence-corrected chi connectivity index (χ3v) is 10.2. The van der Waals surface area contributed by atoms with Gasteiger partial charge >= 0.3 is 5.97 Å². The second-order valence-corrected chi connectivity index (χ2v) is 14.0. The molecule has 15 heteroatoms. The second kappa shape index (κ2) is 17.1. The molecule has 0 radical (unpaired) electrons. The van der Waals surface area contributed by atoms with Crippen molar-refractivity contribution in [1.82, 2.24) is 20.3 Å². The summed E-state index contributed by atoms with van der Waals surface area (Å²) in [6.45, 7) is 0.732. The van der Waals surface area contributed by atoms with Crippen LogP contribution in [0.3, 0.4) is 0 Å². The van der Waals surface area contributed by atoms with Crippen LogP contribution in [0.1, 0.15) is 73.8 Å². The normalized spacial score (nSPS) is 11.2. The first kappa shape index (κ1) is 36.2. The number of aromatic carboxylic acids is 1. The molecule has 6 rings (SSSR count). The van der Waals surface area contributed by atoms with E-state index in [0.717, 1.165) is 70.1 Å². The number of carboxylic acid groups (broad SMARTS) is 1. The van der Waals surface area contributed by atoms with Crippen LogP contribution >= 0.6 is 34.0 Å². The molecule has 6 aromatic rings. The fourth-order valence-electron chi connectivity index (χ4n) is 5.54. The summed E-state index contributed by atoms with van der Waals surface area (Å²) >= 11 is 3.14. The summed E-state index contributed by atoms with van der Waals surface area (Å²) in [6.07, 6.45) is 2.69. The third-order valence-electron chi connectivity index (χ3n) is 7.98. The highest BCUT2D eigenvalue weighted by atomic mass is 32.1. The van der Waals surface area contributed by atoms with Gasteiger partial charge in [0, 0.05) is 22.6 Å². The summed E-state index contributed by atoms with van der Waals surface area (Å²) < 4.78 is 0. The number of rotatable bonds is 16. The van der Waals surface area contributed by atoms with Gasteiger partial charge < -0.3 is 10.4 Å². The van der Waals surface area contributed by atoms with Gasteiger partial charge in [-0.15, -0.1) is 34.0 Å². The maximum atomic E-state index is 12.8. The topological polar surface area (TPSA) is 175 Å². The van der Waals surface area contributed by atoms with Crippen molar-refractivity contribution in [2.75, 3.05) is 22.5 Å². The van der Waals surface area contributed by atoms with Crippen LogP contribution in [-0.4, -0.2) is 50.3 Å². The van der Waals surface area contributed by atoms with E-state index in [-0.39, 0.29) is 33.3 Å². The highest BCUT2D eigenvalue weighted by molar-refractivity contribution is 7.15. The van der Waals surface area contributed by atoms with E-state index in [2.05, 4.69) is 109 Å². The Labute approximate surface area is 311 Å². The van der Waals surface area contributed by atoms with E-state index >= 15 is 0 Å². The summed E-state index contributed by atoms with van der Waals surface area (Å²) in [5.74, 6) is -2.53. The molecule has 52 heavy (non-hydrogen) atoms. The minimum Gasteiger partial charge on any atom is -0.476 e. The summed E-state index contributed by atoms with van der Waals surface area (Å²) in [4.78, 5) is 61.2. The van der Waals surface area contributed by atoms with Crippen molar-refractivity contribution >= 4 is 73.1 Å². The van der Waals surface area contributed by atoms with Crippen molar-refractivity contribution in [2.45, 2.75) is 31.2 Å². The maximum Gasteiger partial charge on any atom is 0.355 e. The molecule has 12 nitrogen and oxygen atoms in total. The highest BCUT2D eigenvalue weighted by Gasteiger charge is 2.35. The predicted octanol–water partition coefficient (Wildman–Crippen LogP) is 7.34. The number of carboxylic acids is 1. The molecule has 3 aromatic heterocycles. The lowest BCUT2D eigenvalue weighted by atomic mass is 9.77. The number of thiazole rings is 3. The Hall–Kier alpha value is -5.61. The van der Waals surface area contributed by atoms with E-state index in [4.69, 9.17) is 5.11 Å². The van der Waals surface area contributed by atoms with Crippen molar-refractivity contribution in [1.29, 1.82) is 0 Å². The smallest absolute Gasteiger partial charge is 0.355 e. The molecular formula is C37H33N7O5S3. The number of carbonyl (C=O) groups excluding carboxylic acids is 3. The van der Waals surface area contributed by atoms with Crippen LogP contribution in [0, 0.1) is 0 Å². The molecule has 0 spiro atoms. The van der Waals surface area contributed by atoms with E-state index in [1.807, 2.05) is 18.2 Å².